The van der Waals surface area contributed by atoms with Crippen molar-refractivity contribution in [2.75, 3.05) is 0 Å². The zero-order valence-corrected chi connectivity index (χ0v) is 9.86. The summed E-state index contributed by atoms with van der Waals surface area (Å²) in [7, 11) is 0. The maximum atomic E-state index is 5.64. The first-order valence-corrected chi connectivity index (χ1v) is 5.81. The van der Waals surface area contributed by atoms with Crippen molar-refractivity contribution in [1.29, 1.82) is 0 Å². The number of aryl methyl sites for hydroxylation is 2. The van der Waals surface area contributed by atoms with Gasteiger partial charge in [0.15, 0.2) is 5.89 Å². The molecule has 0 saturated carbocycles. The summed E-state index contributed by atoms with van der Waals surface area (Å²) in [5.41, 5.74) is 2.11. The number of rotatable bonds is 3. The van der Waals surface area contributed by atoms with Gasteiger partial charge >= 0.3 is 0 Å². The van der Waals surface area contributed by atoms with Crippen molar-refractivity contribution in [2.24, 2.45) is 0 Å². The van der Waals surface area contributed by atoms with Crippen molar-refractivity contribution in [2.45, 2.75) is 33.1 Å². The van der Waals surface area contributed by atoms with E-state index in [1.807, 2.05) is 6.92 Å². The van der Waals surface area contributed by atoms with Crippen LogP contribution < -0.4 is 0 Å². The monoisotopic (exact) mass is 215 g/mol. The molecule has 0 atom stereocenters. The molecule has 0 radical (unpaired) electrons. The fraction of sp³-hybridized carbons (Fsp3) is 0.357. The van der Waals surface area contributed by atoms with E-state index < -0.39 is 0 Å². The topological polar surface area (TPSA) is 26.0 Å². The molecule has 0 unspecified atom stereocenters. The molecule has 0 bridgehead atoms. The van der Waals surface area contributed by atoms with Gasteiger partial charge in [0.25, 0.3) is 0 Å². The van der Waals surface area contributed by atoms with Crippen LogP contribution in [0.5, 0.6) is 0 Å². The number of allylic oxidation sites excluding steroid dienone is 6. The number of hydrogen-bond donors (Lipinski definition) is 0. The third-order valence-electron chi connectivity index (χ3n) is 2.56. The third-order valence-corrected chi connectivity index (χ3v) is 2.56. The average Bonchev–Trinajstić information content (AvgIpc) is 2.52. The van der Waals surface area contributed by atoms with Crippen molar-refractivity contribution >= 4 is 5.57 Å². The van der Waals surface area contributed by atoms with Crippen molar-refractivity contribution in [3.63, 3.8) is 0 Å². The normalized spacial score (nSPS) is 15.0. The van der Waals surface area contributed by atoms with E-state index in [-0.39, 0.29) is 0 Å². The quantitative estimate of drug-likeness (QED) is 0.765. The Bertz CT molecular complexity index is 449. The Kier molecular flexibility index (Phi) is 3.40. The molecular formula is C14H17NO. The van der Waals surface area contributed by atoms with Crippen LogP contribution in [-0.2, 0) is 6.42 Å². The number of oxazole rings is 1. The van der Waals surface area contributed by atoms with E-state index in [0.717, 1.165) is 42.2 Å². The van der Waals surface area contributed by atoms with Gasteiger partial charge in [-0.1, -0.05) is 37.3 Å². The van der Waals surface area contributed by atoms with Crippen LogP contribution in [0.4, 0.5) is 0 Å². The minimum Gasteiger partial charge on any atom is -0.445 e. The van der Waals surface area contributed by atoms with Gasteiger partial charge < -0.3 is 4.42 Å². The molecule has 1 aliphatic carbocycles. The Morgan fingerprint density at radius 2 is 2.25 bits per heavy atom. The lowest BCUT2D eigenvalue weighted by Gasteiger charge is -1.95. The van der Waals surface area contributed by atoms with E-state index >= 15 is 0 Å². The van der Waals surface area contributed by atoms with Gasteiger partial charge in [-0.05, 0) is 19.8 Å². The smallest absolute Gasteiger partial charge is 0.194 e. The first-order valence-electron chi connectivity index (χ1n) is 5.81. The van der Waals surface area contributed by atoms with Gasteiger partial charge in [-0.15, -0.1) is 0 Å². The van der Waals surface area contributed by atoms with Crippen LogP contribution in [0.3, 0.4) is 0 Å². The van der Waals surface area contributed by atoms with Crippen LogP contribution in [-0.4, -0.2) is 4.98 Å². The van der Waals surface area contributed by atoms with E-state index in [1.54, 1.807) is 0 Å². The Morgan fingerprint density at radius 3 is 3.06 bits per heavy atom. The average molecular weight is 215 g/mol. The summed E-state index contributed by atoms with van der Waals surface area (Å²) in [6.07, 6.45) is 13.5. The first-order chi connectivity index (χ1) is 7.81. The fourth-order valence-electron chi connectivity index (χ4n) is 1.78. The highest BCUT2D eigenvalue weighted by molar-refractivity contribution is 5.74. The molecule has 84 valence electrons. The number of aromatic nitrogens is 1. The molecule has 1 aromatic heterocycles. The van der Waals surface area contributed by atoms with Crippen LogP contribution in [0.1, 0.15) is 37.1 Å². The SMILES string of the molecule is CCCc1nc(C2=CC=CCC=C2)c(C)o1. The molecule has 1 aromatic rings. The van der Waals surface area contributed by atoms with E-state index in [2.05, 4.69) is 42.3 Å². The number of nitrogens with zero attached hydrogens (tertiary/aromatic N) is 1. The second-order valence-corrected chi connectivity index (χ2v) is 3.95. The van der Waals surface area contributed by atoms with Crippen LogP contribution >= 0.6 is 0 Å². The molecule has 0 N–H and O–H groups in total. The molecule has 1 heterocycles. The molecule has 0 spiro atoms. The molecule has 0 aliphatic heterocycles. The Labute approximate surface area is 96.4 Å². The predicted octanol–water partition coefficient (Wildman–Crippen LogP) is 3.84. The summed E-state index contributed by atoms with van der Waals surface area (Å²) in [4.78, 5) is 4.54. The molecule has 1 aliphatic rings. The van der Waals surface area contributed by atoms with E-state index in [4.69, 9.17) is 4.42 Å². The molecule has 2 nitrogen and oxygen atoms in total. The standard InChI is InChI=1S/C14H17NO/c1-3-8-13-15-14(11(2)16-13)12-9-6-4-5-7-10-12/h4,6-7,9-10H,3,5,8H2,1-2H3. The minimum atomic E-state index is 0.845. The van der Waals surface area contributed by atoms with E-state index in [1.165, 1.54) is 0 Å². The van der Waals surface area contributed by atoms with Crippen molar-refractivity contribution in [1.82, 2.24) is 4.98 Å². The van der Waals surface area contributed by atoms with Crippen molar-refractivity contribution in [3.05, 3.63) is 47.7 Å². The predicted molar refractivity (Wildman–Crippen MR) is 66.1 cm³/mol. The van der Waals surface area contributed by atoms with Crippen LogP contribution in [0.2, 0.25) is 0 Å². The van der Waals surface area contributed by atoms with Gasteiger partial charge in [-0.2, -0.15) is 0 Å². The molecule has 2 heteroatoms. The summed E-state index contributed by atoms with van der Waals surface area (Å²) >= 11 is 0. The van der Waals surface area contributed by atoms with Gasteiger partial charge in [0.1, 0.15) is 11.5 Å². The minimum absolute atomic E-state index is 0.845. The van der Waals surface area contributed by atoms with Crippen LogP contribution in [0, 0.1) is 6.92 Å². The Morgan fingerprint density at radius 1 is 1.38 bits per heavy atom. The highest BCUT2D eigenvalue weighted by Gasteiger charge is 2.11. The second kappa shape index (κ2) is 4.97. The van der Waals surface area contributed by atoms with Gasteiger partial charge in [-0.25, -0.2) is 4.98 Å². The fourth-order valence-corrected chi connectivity index (χ4v) is 1.78. The van der Waals surface area contributed by atoms with E-state index in [0.29, 0.717) is 0 Å². The third kappa shape index (κ3) is 2.32. The van der Waals surface area contributed by atoms with Gasteiger partial charge in [0, 0.05) is 12.0 Å². The molecule has 16 heavy (non-hydrogen) atoms. The van der Waals surface area contributed by atoms with Gasteiger partial charge in [-0.3, -0.25) is 0 Å². The van der Waals surface area contributed by atoms with Crippen LogP contribution in [0.25, 0.3) is 5.57 Å². The highest BCUT2D eigenvalue weighted by atomic mass is 16.4. The maximum absolute atomic E-state index is 5.64. The Hall–Kier alpha value is -1.57. The van der Waals surface area contributed by atoms with Gasteiger partial charge in [0.2, 0.25) is 0 Å². The highest BCUT2D eigenvalue weighted by Crippen LogP contribution is 2.22. The lowest BCUT2D eigenvalue weighted by Crippen LogP contribution is -1.86. The Balaban J connectivity index is 2.32. The zero-order chi connectivity index (χ0) is 11.4. The summed E-state index contributed by atoms with van der Waals surface area (Å²) < 4.78 is 5.64. The number of hydrogen-bond acceptors (Lipinski definition) is 2. The lowest BCUT2D eigenvalue weighted by molar-refractivity contribution is 0.468. The molecule has 0 aromatic carbocycles. The molecule has 2 rings (SSSR count). The lowest BCUT2D eigenvalue weighted by atomic mass is 10.1. The van der Waals surface area contributed by atoms with Crippen molar-refractivity contribution in [3.8, 4) is 0 Å². The summed E-state index contributed by atoms with van der Waals surface area (Å²) in [5, 5.41) is 0. The molecule has 0 amide bonds. The first kappa shape index (κ1) is 10.9. The largest absolute Gasteiger partial charge is 0.445 e. The van der Waals surface area contributed by atoms with Gasteiger partial charge in [0.05, 0.1) is 0 Å². The second-order valence-electron chi connectivity index (χ2n) is 3.95. The van der Waals surface area contributed by atoms with Crippen LogP contribution in [0.15, 0.2) is 34.8 Å². The summed E-state index contributed by atoms with van der Waals surface area (Å²) in [6.45, 7) is 4.11. The molecular weight excluding hydrogens is 198 g/mol. The summed E-state index contributed by atoms with van der Waals surface area (Å²) in [6, 6.07) is 0. The summed E-state index contributed by atoms with van der Waals surface area (Å²) in [5.74, 6) is 1.76. The van der Waals surface area contributed by atoms with Crippen molar-refractivity contribution < 1.29 is 4.42 Å². The molecule has 0 saturated heterocycles. The molecule has 0 fully saturated rings. The maximum Gasteiger partial charge on any atom is 0.194 e. The van der Waals surface area contributed by atoms with E-state index in [9.17, 15) is 0 Å². The zero-order valence-electron chi connectivity index (χ0n) is 9.86.